The monoisotopic (exact) mass is 184 g/mol. The van der Waals surface area contributed by atoms with Gasteiger partial charge in [-0.25, -0.2) is 0 Å². The zero-order chi connectivity index (χ0) is 10.1. The van der Waals surface area contributed by atoms with Crippen LogP contribution in [0.1, 0.15) is 27.6 Å². The first-order valence-electron chi connectivity index (χ1n) is 4.59. The fourth-order valence-electron chi connectivity index (χ4n) is 0.890. The van der Waals surface area contributed by atoms with Crippen LogP contribution in [0.15, 0.2) is 4.99 Å². The molecule has 0 aliphatic carbocycles. The van der Waals surface area contributed by atoms with E-state index in [9.17, 15) is 0 Å². The lowest BCUT2D eigenvalue weighted by atomic mass is 10.2. The van der Waals surface area contributed by atoms with Gasteiger partial charge in [0.1, 0.15) is 0 Å². The summed E-state index contributed by atoms with van der Waals surface area (Å²) < 4.78 is 0. The number of hydrogen-bond donors (Lipinski definition) is 1. The zero-order valence-electron chi connectivity index (χ0n) is 8.67. The molecule has 0 saturated carbocycles. The molecule has 0 aromatic rings. The highest BCUT2D eigenvalue weighted by molar-refractivity contribution is 5.80. The summed E-state index contributed by atoms with van der Waals surface area (Å²) in [5.41, 5.74) is 0. The molecule has 0 bridgehead atoms. The summed E-state index contributed by atoms with van der Waals surface area (Å²) in [6, 6.07) is 0. The Morgan fingerprint density at radius 3 is 2.69 bits per heavy atom. The van der Waals surface area contributed by atoms with Crippen molar-refractivity contribution >= 4 is 5.96 Å². The van der Waals surface area contributed by atoms with Crippen LogP contribution < -0.4 is 5.32 Å². The van der Waals surface area contributed by atoms with Crippen molar-refractivity contribution in [2.45, 2.75) is 26.2 Å². The van der Waals surface area contributed by atoms with Crippen molar-refractivity contribution in [3.63, 3.8) is 0 Å². The Kier molecular flexibility index (Phi) is 6.70. The molecule has 4 heteroatoms. The Bertz CT molecular complexity index is 195. The van der Waals surface area contributed by atoms with Crippen molar-refractivity contribution < 1.29 is 1.43 Å². The number of nitriles is 1. The molecule has 0 radical (unpaired) electrons. The number of guanidine groups is 1. The molecular weight excluding hydrogens is 164 g/mol. The molecule has 0 aliphatic rings. The molecule has 76 valence electrons. The summed E-state index contributed by atoms with van der Waals surface area (Å²) in [5, 5.41) is 11.0. The van der Waals surface area contributed by atoms with E-state index in [0.717, 1.165) is 13.0 Å². The van der Waals surface area contributed by atoms with Crippen LogP contribution in [0, 0.1) is 11.5 Å². The Balaban J connectivity index is 0. The first kappa shape index (κ1) is 11.8. The van der Waals surface area contributed by atoms with Crippen molar-refractivity contribution in [2.75, 3.05) is 20.6 Å². The second-order valence-corrected chi connectivity index (χ2v) is 3.04. The third-order valence-electron chi connectivity index (χ3n) is 1.61. The van der Waals surface area contributed by atoms with Crippen molar-refractivity contribution in [1.29, 1.82) is 5.26 Å². The van der Waals surface area contributed by atoms with E-state index >= 15 is 0 Å². The minimum absolute atomic E-state index is 0. The quantitative estimate of drug-likeness (QED) is 0.236. The van der Waals surface area contributed by atoms with E-state index in [-0.39, 0.29) is 1.43 Å². The maximum Gasteiger partial charge on any atom is 0.206 e. The molecule has 0 atom stereocenters. The van der Waals surface area contributed by atoms with Crippen LogP contribution in [0.3, 0.4) is 0 Å². The van der Waals surface area contributed by atoms with Crippen LogP contribution >= 0.6 is 0 Å². The summed E-state index contributed by atoms with van der Waals surface area (Å²) in [6.07, 6.45) is 5.34. The number of nitrogens with one attached hydrogen (secondary N) is 1. The Hall–Kier alpha value is -1.24. The minimum Gasteiger partial charge on any atom is -0.348 e. The van der Waals surface area contributed by atoms with Crippen LogP contribution in [0.4, 0.5) is 0 Å². The molecular formula is C9H20N4. The summed E-state index contributed by atoms with van der Waals surface area (Å²) in [6.45, 7) is 2.94. The molecule has 0 aromatic heterocycles. The van der Waals surface area contributed by atoms with Gasteiger partial charge in [0.15, 0.2) is 6.19 Å². The van der Waals surface area contributed by atoms with Crippen LogP contribution in [-0.4, -0.2) is 31.5 Å². The van der Waals surface area contributed by atoms with Gasteiger partial charge in [-0.2, -0.15) is 5.26 Å². The fourth-order valence-corrected chi connectivity index (χ4v) is 0.890. The van der Waals surface area contributed by atoms with Crippen LogP contribution in [0.2, 0.25) is 0 Å². The van der Waals surface area contributed by atoms with E-state index in [2.05, 4.69) is 17.2 Å². The van der Waals surface area contributed by atoms with Gasteiger partial charge in [-0.05, 0) is 6.42 Å². The minimum atomic E-state index is 0. The molecule has 0 fully saturated rings. The van der Waals surface area contributed by atoms with Crippen molar-refractivity contribution in [3.8, 4) is 6.19 Å². The van der Waals surface area contributed by atoms with Crippen LogP contribution in [-0.2, 0) is 0 Å². The molecule has 0 rings (SSSR count). The normalized spacial score (nSPS) is 10.8. The molecule has 0 unspecified atom stereocenters. The second-order valence-electron chi connectivity index (χ2n) is 3.04. The van der Waals surface area contributed by atoms with Crippen molar-refractivity contribution in [3.05, 3.63) is 0 Å². The fraction of sp³-hybridized carbons (Fsp3) is 0.778. The van der Waals surface area contributed by atoms with Gasteiger partial charge in [-0.3, -0.25) is 10.3 Å². The SMILES string of the molecule is CCCCCN=C(NC#N)N(C)C.[HH]. The molecule has 4 nitrogen and oxygen atoms in total. The van der Waals surface area contributed by atoms with Crippen molar-refractivity contribution in [2.24, 2.45) is 4.99 Å². The lowest BCUT2D eigenvalue weighted by Crippen LogP contribution is -2.33. The number of nitrogens with zero attached hydrogens (tertiary/aromatic N) is 3. The molecule has 0 aliphatic heterocycles. The predicted octanol–water partition coefficient (Wildman–Crippen LogP) is 1.41. The van der Waals surface area contributed by atoms with E-state index in [4.69, 9.17) is 5.26 Å². The maximum atomic E-state index is 8.42. The second kappa shape index (κ2) is 7.41. The first-order valence-corrected chi connectivity index (χ1v) is 4.59. The maximum absolute atomic E-state index is 8.42. The van der Waals surface area contributed by atoms with E-state index in [1.54, 1.807) is 4.90 Å². The molecule has 0 amide bonds. The standard InChI is InChI=1S/C9H18N4.H2/c1-4-5-6-7-11-9(12-8-10)13(2)3;/h4-7H2,1-3H3,(H,11,12);1H. The van der Waals surface area contributed by atoms with E-state index < -0.39 is 0 Å². The molecule has 0 saturated heterocycles. The predicted molar refractivity (Wildman–Crippen MR) is 56.4 cm³/mol. The highest BCUT2D eigenvalue weighted by Crippen LogP contribution is 1.94. The molecule has 1 N–H and O–H groups in total. The van der Waals surface area contributed by atoms with E-state index in [1.807, 2.05) is 20.3 Å². The van der Waals surface area contributed by atoms with Gasteiger partial charge >= 0.3 is 0 Å². The average molecular weight is 184 g/mol. The Morgan fingerprint density at radius 1 is 1.54 bits per heavy atom. The largest absolute Gasteiger partial charge is 0.348 e. The molecule has 0 aromatic carbocycles. The summed E-state index contributed by atoms with van der Waals surface area (Å²) in [4.78, 5) is 6.06. The molecule has 0 spiro atoms. The molecule has 13 heavy (non-hydrogen) atoms. The van der Waals surface area contributed by atoms with Gasteiger partial charge in [-0.15, -0.1) is 0 Å². The van der Waals surface area contributed by atoms with Gasteiger partial charge < -0.3 is 4.90 Å². The highest BCUT2D eigenvalue weighted by atomic mass is 15.3. The summed E-state index contributed by atoms with van der Waals surface area (Å²) in [7, 11) is 3.73. The van der Waals surface area contributed by atoms with Gasteiger partial charge in [0.25, 0.3) is 0 Å². The van der Waals surface area contributed by atoms with E-state index in [1.165, 1.54) is 12.8 Å². The number of unbranched alkanes of at least 4 members (excludes halogenated alkanes) is 2. The number of rotatable bonds is 4. The van der Waals surface area contributed by atoms with Gasteiger partial charge in [0.05, 0.1) is 0 Å². The Morgan fingerprint density at radius 2 is 2.23 bits per heavy atom. The third kappa shape index (κ3) is 5.97. The average Bonchev–Trinajstić information content (AvgIpc) is 2.10. The number of hydrogen-bond acceptors (Lipinski definition) is 2. The van der Waals surface area contributed by atoms with Gasteiger partial charge in [0, 0.05) is 22.1 Å². The third-order valence-corrected chi connectivity index (χ3v) is 1.61. The summed E-state index contributed by atoms with van der Waals surface area (Å²) in [5.74, 6) is 0.638. The first-order chi connectivity index (χ1) is 6.22. The number of aliphatic imine (C=N–C) groups is 1. The lowest BCUT2D eigenvalue weighted by Gasteiger charge is -2.12. The van der Waals surface area contributed by atoms with Gasteiger partial charge in [0.2, 0.25) is 5.96 Å². The molecule has 0 heterocycles. The topological polar surface area (TPSA) is 51.4 Å². The van der Waals surface area contributed by atoms with Crippen molar-refractivity contribution in [1.82, 2.24) is 10.2 Å². The highest BCUT2D eigenvalue weighted by Gasteiger charge is 1.98. The summed E-state index contributed by atoms with van der Waals surface area (Å²) >= 11 is 0. The Labute approximate surface area is 81.7 Å². The zero-order valence-corrected chi connectivity index (χ0v) is 8.67. The van der Waals surface area contributed by atoms with Crippen LogP contribution in [0.5, 0.6) is 0 Å². The lowest BCUT2D eigenvalue weighted by molar-refractivity contribution is 0.594. The smallest absolute Gasteiger partial charge is 0.206 e. The van der Waals surface area contributed by atoms with Crippen LogP contribution in [0.25, 0.3) is 0 Å². The van der Waals surface area contributed by atoms with Gasteiger partial charge in [-0.1, -0.05) is 19.8 Å². The van der Waals surface area contributed by atoms with E-state index in [0.29, 0.717) is 5.96 Å².